The predicted octanol–water partition coefficient (Wildman–Crippen LogP) is 1.96. The smallest absolute Gasteiger partial charge is 0.263 e. The van der Waals surface area contributed by atoms with E-state index in [1.807, 2.05) is 0 Å². The van der Waals surface area contributed by atoms with Crippen molar-refractivity contribution in [2.24, 2.45) is 0 Å². The van der Waals surface area contributed by atoms with Crippen LogP contribution in [0.15, 0.2) is 6.20 Å². The number of aliphatic hydroxyl groups is 1. The molecule has 2 rings (SSSR count). The molecule has 0 aliphatic heterocycles. The van der Waals surface area contributed by atoms with Crippen LogP contribution in [0.2, 0.25) is 0 Å². The molecule has 0 aromatic carbocycles. The summed E-state index contributed by atoms with van der Waals surface area (Å²) in [6, 6.07) is 0. The molecule has 1 amide bonds. The van der Waals surface area contributed by atoms with Crippen molar-refractivity contribution < 1.29 is 23.4 Å². The Bertz CT molecular complexity index is 497. The summed E-state index contributed by atoms with van der Waals surface area (Å²) in [7, 11) is 1.54. The van der Waals surface area contributed by atoms with Gasteiger partial charge in [0.2, 0.25) is 5.92 Å². The number of thiazole rings is 1. The summed E-state index contributed by atoms with van der Waals surface area (Å²) in [6.07, 6.45) is 0.707. The summed E-state index contributed by atoms with van der Waals surface area (Å²) >= 11 is 1.20. The van der Waals surface area contributed by atoms with Crippen LogP contribution >= 0.6 is 11.3 Å². The zero-order chi connectivity index (χ0) is 15.5. The Balaban J connectivity index is 1.85. The van der Waals surface area contributed by atoms with E-state index in [1.54, 1.807) is 0 Å². The van der Waals surface area contributed by atoms with E-state index < -0.39 is 11.5 Å². The first-order valence-electron chi connectivity index (χ1n) is 6.66. The lowest BCUT2D eigenvalue weighted by Gasteiger charge is -2.35. The van der Waals surface area contributed by atoms with E-state index in [-0.39, 0.29) is 38.1 Å². The van der Waals surface area contributed by atoms with Crippen molar-refractivity contribution in [1.82, 2.24) is 10.3 Å². The van der Waals surface area contributed by atoms with Gasteiger partial charge in [0.15, 0.2) is 0 Å². The molecule has 1 aliphatic carbocycles. The number of aromatic nitrogens is 1. The molecule has 2 N–H and O–H groups in total. The summed E-state index contributed by atoms with van der Waals surface area (Å²) in [4.78, 5) is 16.4. The summed E-state index contributed by atoms with van der Waals surface area (Å²) in [5, 5.41) is 13.5. The SMILES string of the molecule is COCc1ncc(C(=O)NCC2(O)CCC(F)(F)CC2)s1. The highest BCUT2D eigenvalue weighted by molar-refractivity contribution is 7.13. The number of methoxy groups -OCH3 is 1. The number of halogens is 2. The summed E-state index contributed by atoms with van der Waals surface area (Å²) in [6.45, 7) is 0.302. The van der Waals surface area contributed by atoms with Crippen molar-refractivity contribution in [2.75, 3.05) is 13.7 Å². The van der Waals surface area contributed by atoms with Gasteiger partial charge >= 0.3 is 0 Å². The quantitative estimate of drug-likeness (QED) is 0.870. The fraction of sp³-hybridized carbons (Fsp3) is 0.692. The van der Waals surface area contributed by atoms with Gasteiger partial charge in [0.25, 0.3) is 5.91 Å². The van der Waals surface area contributed by atoms with Crippen LogP contribution < -0.4 is 5.32 Å². The zero-order valence-electron chi connectivity index (χ0n) is 11.7. The van der Waals surface area contributed by atoms with E-state index >= 15 is 0 Å². The second-order valence-electron chi connectivity index (χ2n) is 5.31. The molecule has 1 aromatic rings. The highest BCUT2D eigenvalue weighted by atomic mass is 32.1. The van der Waals surface area contributed by atoms with Crippen molar-refractivity contribution in [1.29, 1.82) is 0 Å². The summed E-state index contributed by atoms with van der Waals surface area (Å²) in [5.74, 6) is -3.07. The minimum absolute atomic E-state index is 0.0160. The van der Waals surface area contributed by atoms with E-state index in [9.17, 15) is 18.7 Å². The van der Waals surface area contributed by atoms with E-state index in [0.29, 0.717) is 16.5 Å². The van der Waals surface area contributed by atoms with E-state index in [1.165, 1.54) is 24.6 Å². The molecule has 0 spiro atoms. The number of amides is 1. The average molecular weight is 320 g/mol. The van der Waals surface area contributed by atoms with E-state index in [4.69, 9.17) is 4.74 Å². The second kappa shape index (κ2) is 6.33. The number of nitrogens with zero attached hydrogens (tertiary/aromatic N) is 1. The molecule has 1 fully saturated rings. The third-order valence-electron chi connectivity index (χ3n) is 3.54. The molecule has 0 atom stereocenters. The molecule has 1 heterocycles. The lowest BCUT2D eigenvalue weighted by Crippen LogP contribution is -2.47. The largest absolute Gasteiger partial charge is 0.388 e. The number of hydrogen-bond acceptors (Lipinski definition) is 5. The molecule has 0 bridgehead atoms. The monoisotopic (exact) mass is 320 g/mol. The molecule has 0 saturated heterocycles. The van der Waals surface area contributed by atoms with Gasteiger partial charge in [-0.15, -0.1) is 11.3 Å². The molecule has 1 aromatic heterocycles. The van der Waals surface area contributed by atoms with Crippen molar-refractivity contribution in [3.63, 3.8) is 0 Å². The van der Waals surface area contributed by atoms with Crippen LogP contribution in [0, 0.1) is 0 Å². The number of ether oxygens (including phenoxy) is 1. The molecule has 21 heavy (non-hydrogen) atoms. The molecule has 0 radical (unpaired) electrons. The molecule has 1 aliphatic rings. The maximum Gasteiger partial charge on any atom is 0.263 e. The molecule has 118 valence electrons. The van der Waals surface area contributed by atoms with Crippen LogP contribution in [-0.4, -0.2) is 41.2 Å². The van der Waals surface area contributed by atoms with Crippen molar-refractivity contribution >= 4 is 17.2 Å². The molecular weight excluding hydrogens is 302 g/mol. The second-order valence-corrected chi connectivity index (χ2v) is 6.43. The number of alkyl halides is 2. The lowest BCUT2D eigenvalue weighted by molar-refractivity contribution is -0.101. The van der Waals surface area contributed by atoms with Gasteiger partial charge in [0.1, 0.15) is 9.88 Å². The van der Waals surface area contributed by atoms with Crippen LogP contribution in [0.4, 0.5) is 8.78 Å². The highest BCUT2D eigenvalue weighted by Gasteiger charge is 2.42. The van der Waals surface area contributed by atoms with Gasteiger partial charge in [-0.05, 0) is 12.8 Å². The van der Waals surface area contributed by atoms with Crippen LogP contribution in [0.3, 0.4) is 0 Å². The Hall–Kier alpha value is -1.12. The van der Waals surface area contributed by atoms with Gasteiger partial charge in [0.05, 0.1) is 18.4 Å². The third kappa shape index (κ3) is 4.42. The third-order valence-corrected chi connectivity index (χ3v) is 4.51. The van der Waals surface area contributed by atoms with Crippen LogP contribution in [0.5, 0.6) is 0 Å². The molecular formula is C13H18F2N2O3S. The lowest BCUT2D eigenvalue weighted by atomic mass is 9.83. The van der Waals surface area contributed by atoms with Crippen LogP contribution in [0.25, 0.3) is 0 Å². The first-order chi connectivity index (χ1) is 9.84. The Kier molecular flexibility index (Phi) is 4.90. The Morgan fingerprint density at radius 3 is 2.76 bits per heavy atom. The van der Waals surface area contributed by atoms with Gasteiger partial charge in [0, 0.05) is 26.5 Å². The standard InChI is InChI=1S/C13H18F2N2O3S/c1-20-7-10-16-6-9(21-10)11(18)17-8-12(19)2-4-13(14,15)5-3-12/h6,19H,2-5,7-8H2,1H3,(H,17,18). The van der Waals surface area contributed by atoms with Crippen LogP contribution in [-0.2, 0) is 11.3 Å². The number of hydrogen-bond donors (Lipinski definition) is 2. The number of rotatable bonds is 5. The fourth-order valence-electron chi connectivity index (χ4n) is 2.20. The average Bonchev–Trinajstić information content (AvgIpc) is 2.90. The van der Waals surface area contributed by atoms with Crippen molar-refractivity contribution in [2.45, 2.75) is 43.8 Å². The van der Waals surface area contributed by atoms with Gasteiger partial charge in [-0.2, -0.15) is 0 Å². The molecule has 8 heteroatoms. The van der Waals surface area contributed by atoms with Gasteiger partial charge in [-0.25, -0.2) is 13.8 Å². The maximum atomic E-state index is 13.1. The Morgan fingerprint density at radius 1 is 1.48 bits per heavy atom. The van der Waals surface area contributed by atoms with E-state index in [0.717, 1.165) is 0 Å². The molecule has 0 unspecified atom stereocenters. The molecule has 5 nitrogen and oxygen atoms in total. The van der Waals surface area contributed by atoms with Crippen LogP contribution in [0.1, 0.15) is 40.4 Å². The zero-order valence-corrected chi connectivity index (χ0v) is 12.5. The van der Waals surface area contributed by atoms with Gasteiger partial charge < -0.3 is 15.2 Å². The fourth-order valence-corrected chi connectivity index (χ4v) is 3.00. The maximum absolute atomic E-state index is 13.1. The van der Waals surface area contributed by atoms with Gasteiger partial charge in [-0.3, -0.25) is 4.79 Å². The van der Waals surface area contributed by atoms with Crippen molar-refractivity contribution in [3.05, 3.63) is 16.1 Å². The predicted molar refractivity (Wildman–Crippen MR) is 73.5 cm³/mol. The Morgan fingerprint density at radius 2 is 2.14 bits per heavy atom. The van der Waals surface area contributed by atoms with Crippen molar-refractivity contribution in [3.8, 4) is 0 Å². The summed E-state index contributed by atoms with van der Waals surface area (Å²) in [5.41, 5.74) is -1.25. The highest BCUT2D eigenvalue weighted by Crippen LogP contribution is 2.38. The Labute approximate surface area is 125 Å². The topological polar surface area (TPSA) is 71.5 Å². The molecule has 1 saturated carbocycles. The van der Waals surface area contributed by atoms with E-state index in [2.05, 4.69) is 10.3 Å². The first kappa shape index (κ1) is 16.3. The number of nitrogens with one attached hydrogen (secondary N) is 1. The minimum Gasteiger partial charge on any atom is -0.388 e. The normalized spacial score (nSPS) is 20.2. The first-order valence-corrected chi connectivity index (χ1v) is 7.47. The minimum atomic E-state index is -2.71. The number of carbonyl (C=O) groups is 1. The van der Waals surface area contributed by atoms with Gasteiger partial charge in [-0.1, -0.05) is 0 Å². The number of carbonyl (C=O) groups excluding carboxylic acids is 1. The summed E-state index contributed by atoms with van der Waals surface area (Å²) < 4.78 is 31.1.